The van der Waals surface area contributed by atoms with Gasteiger partial charge in [-0.1, -0.05) is 38.1 Å². The highest BCUT2D eigenvalue weighted by Gasteiger charge is 2.39. The largest absolute Gasteiger partial charge is 0.491 e. The van der Waals surface area contributed by atoms with Gasteiger partial charge in [-0.2, -0.15) is 0 Å². The Morgan fingerprint density at radius 3 is 1.75 bits per heavy atom. The molecule has 2 aromatic rings. The predicted octanol–water partition coefficient (Wildman–Crippen LogP) is 3.14. The summed E-state index contributed by atoms with van der Waals surface area (Å²) in [4.78, 5) is 0. The van der Waals surface area contributed by atoms with Gasteiger partial charge in [0, 0.05) is 5.41 Å². The summed E-state index contributed by atoms with van der Waals surface area (Å²) in [7, 11) is -13.9. The van der Waals surface area contributed by atoms with Gasteiger partial charge in [-0.25, -0.2) is 0 Å². The third kappa shape index (κ3) is 12.9. The highest BCUT2D eigenvalue weighted by molar-refractivity contribution is 6.81. The first-order valence-electron chi connectivity index (χ1n) is 19.3. The smallest absolute Gasteiger partial charge is 0.317 e. The second kappa shape index (κ2) is 19.2. The van der Waals surface area contributed by atoms with Crippen molar-refractivity contribution in [2.45, 2.75) is 109 Å². The molecule has 7 unspecified atom stereocenters. The lowest BCUT2D eigenvalue weighted by atomic mass is 9.76. The van der Waals surface area contributed by atoms with E-state index in [2.05, 4.69) is 89.5 Å². The standard InChI is InChI=1S/C33H60O12Si8/c1-33(2,27-13-15-31(36-23-29-21-34-29)25(19-27)11-9-17-52-39-46-38-47(3)40-49(5)43-52)28-14-16-32(37-24-30-22-35-30)26(20-28)12-10-18-53(8)44-50(6)41-48(4)42-51(7)45-53/h13-16,19-20,29-30,47-52H,9-12,17-18,21-24,46H2,1-8H3. The van der Waals surface area contributed by atoms with Gasteiger partial charge in [-0.15, -0.1) is 0 Å². The molecule has 4 heterocycles. The van der Waals surface area contributed by atoms with E-state index in [9.17, 15) is 0 Å². The van der Waals surface area contributed by atoms with Crippen LogP contribution in [0.25, 0.3) is 0 Å². The molecule has 0 saturated carbocycles. The Bertz CT molecular complexity index is 1470. The van der Waals surface area contributed by atoms with E-state index in [-0.39, 0.29) is 17.6 Å². The van der Waals surface area contributed by atoms with Crippen LogP contribution in [0.2, 0.25) is 51.4 Å². The summed E-state index contributed by atoms with van der Waals surface area (Å²) in [6.07, 6.45) is 3.99. The maximum atomic E-state index is 6.59. The molecule has 0 N–H and O–H groups in total. The monoisotopic (exact) mass is 872 g/mol. The Morgan fingerprint density at radius 1 is 0.698 bits per heavy atom. The topological polar surface area (TPSA) is 117 Å². The van der Waals surface area contributed by atoms with Gasteiger partial charge in [0.15, 0.2) is 0 Å². The molecule has 4 saturated heterocycles. The van der Waals surface area contributed by atoms with Crippen molar-refractivity contribution >= 4 is 74.3 Å². The van der Waals surface area contributed by atoms with E-state index in [0.29, 0.717) is 13.2 Å². The van der Waals surface area contributed by atoms with Crippen LogP contribution >= 0.6 is 0 Å². The molecular formula is C33H60O12Si8. The summed E-state index contributed by atoms with van der Waals surface area (Å²) in [6.45, 7) is 19.9. The number of rotatable bonds is 16. The summed E-state index contributed by atoms with van der Waals surface area (Å²) in [5.41, 5.74) is 4.61. The van der Waals surface area contributed by atoms with Crippen LogP contribution in [0.4, 0.5) is 0 Å². The van der Waals surface area contributed by atoms with E-state index in [1.54, 1.807) is 0 Å². The molecule has 6 rings (SSSR count). The molecule has 0 aliphatic carbocycles. The fourth-order valence-electron chi connectivity index (χ4n) is 6.96. The number of hydrogen-bond donors (Lipinski definition) is 0. The van der Waals surface area contributed by atoms with Crippen LogP contribution in [-0.4, -0.2) is 113 Å². The molecule has 4 aliphatic rings. The van der Waals surface area contributed by atoms with Crippen molar-refractivity contribution < 1.29 is 51.9 Å². The minimum atomic E-state index is -2.44. The van der Waals surface area contributed by atoms with Gasteiger partial charge < -0.3 is 51.9 Å². The van der Waals surface area contributed by atoms with E-state index in [1.807, 2.05) is 0 Å². The van der Waals surface area contributed by atoms with Crippen LogP contribution in [0.3, 0.4) is 0 Å². The SMILES string of the molecule is C[SiH]1O[SiH2]O[SiH](CCCc2cc(C(C)(C)c3ccc(OCC4CO4)c(CCC[Si]4(C)O[SiH](C)O[SiH](C)O[SiH](C)O4)c3)ccc2OCC2CO2)O[SiH](C)O1. The predicted molar refractivity (Wildman–Crippen MR) is 223 cm³/mol. The van der Waals surface area contributed by atoms with E-state index in [1.165, 1.54) is 22.3 Å². The summed E-state index contributed by atoms with van der Waals surface area (Å²) in [6, 6.07) is 15.2. The van der Waals surface area contributed by atoms with Crippen molar-refractivity contribution in [3.05, 3.63) is 58.7 Å². The number of aryl methyl sites for hydroxylation is 2. The molecule has 7 atom stereocenters. The third-order valence-electron chi connectivity index (χ3n) is 10.1. The van der Waals surface area contributed by atoms with Crippen molar-refractivity contribution in [1.82, 2.24) is 0 Å². The Labute approximate surface area is 329 Å². The lowest BCUT2D eigenvalue weighted by Gasteiger charge is -2.37. The van der Waals surface area contributed by atoms with Crippen LogP contribution in [0.1, 0.15) is 48.9 Å². The van der Waals surface area contributed by atoms with E-state index in [0.717, 1.165) is 62.5 Å². The zero-order valence-corrected chi connectivity index (χ0v) is 42.1. The normalized spacial score (nSPS) is 32.7. The summed E-state index contributed by atoms with van der Waals surface area (Å²) < 4.78 is 73.6. The molecule has 53 heavy (non-hydrogen) atoms. The minimum Gasteiger partial charge on any atom is -0.491 e. The number of benzene rings is 2. The van der Waals surface area contributed by atoms with Gasteiger partial charge in [0.2, 0.25) is 0 Å². The van der Waals surface area contributed by atoms with Crippen molar-refractivity contribution in [3.8, 4) is 11.5 Å². The summed E-state index contributed by atoms with van der Waals surface area (Å²) in [5.74, 6) is 1.85. The average molecular weight is 874 g/mol. The average Bonchev–Trinajstić information content (AvgIpc) is 4.01. The molecular weight excluding hydrogens is 813 g/mol. The first-order chi connectivity index (χ1) is 25.3. The second-order valence-electron chi connectivity index (χ2n) is 15.2. The molecule has 20 heteroatoms. The Hall–Kier alpha value is -0.625. The summed E-state index contributed by atoms with van der Waals surface area (Å²) >= 11 is 0. The van der Waals surface area contributed by atoms with Gasteiger partial charge in [0.25, 0.3) is 56.4 Å². The molecule has 0 spiro atoms. The van der Waals surface area contributed by atoms with Gasteiger partial charge in [0.1, 0.15) is 36.9 Å². The molecule has 2 aromatic carbocycles. The maximum Gasteiger partial charge on any atom is 0.317 e. The van der Waals surface area contributed by atoms with Crippen molar-refractivity contribution in [2.75, 3.05) is 26.4 Å². The number of hydrogen-bond acceptors (Lipinski definition) is 12. The van der Waals surface area contributed by atoms with Crippen molar-refractivity contribution in [2.24, 2.45) is 0 Å². The number of epoxide rings is 2. The minimum absolute atomic E-state index is 0.184. The molecule has 296 valence electrons. The summed E-state index contributed by atoms with van der Waals surface area (Å²) in [5, 5.41) is 0. The van der Waals surface area contributed by atoms with E-state index >= 15 is 0 Å². The molecule has 0 radical (unpaired) electrons. The zero-order chi connectivity index (χ0) is 37.6. The third-order valence-corrected chi connectivity index (χ3v) is 35.2. The van der Waals surface area contributed by atoms with Gasteiger partial charge in [-0.05, 0) is 111 Å². The molecule has 4 aliphatic heterocycles. The van der Waals surface area contributed by atoms with Crippen LogP contribution in [0.5, 0.6) is 11.5 Å². The van der Waals surface area contributed by atoms with Gasteiger partial charge in [0.05, 0.1) is 13.2 Å². The van der Waals surface area contributed by atoms with E-state index < -0.39 is 74.3 Å². The molecule has 12 nitrogen and oxygen atoms in total. The quantitative estimate of drug-likeness (QED) is 0.182. The van der Waals surface area contributed by atoms with Crippen LogP contribution in [0.15, 0.2) is 36.4 Å². The highest BCUT2D eigenvalue weighted by Crippen LogP contribution is 2.38. The zero-order valence-electron chi connectivity index (χ0n) is 32.8. The van der Waals surface area contributed by atoms with Crippen LogP contribution in [-0.2, 0) is 60.7 Å². The van der Waals surface area contributed by atoms with E-state index in [4.69, 9.17) is 51.9 Å². The highest BCUT2D eigenvalue weighted by atomic mass is 28.5. The Balaban J connectivity index is 1.17. The molecule has 0 aromatic heterocycles. The fraction of sp³-hybridized carbons (Fsp3) is 0.636. The fourth-order valence-corrected chi connectivity index (χ4v) is 32.5. The van der Waals surface area contributed by atoms with Crippen molar-refractivity contribution in [1.29, 1.82) is 0 Å². The van der Waals surface area contributed by atoms with Gasteiger partial charge >= 0.3 is 17.8 Å². The second-order valence-corrected chi connectivity index (χ2v) is 34.2. The van der Waals surface area contributed by atoms with Crippen LogP contribution in [0, 0.1) is 0 Å². The lowest BCUT2D eigenvalue weighted by Crippen LogP contribution is -2.53. The van der Waals surface area contributed by atoms with Crippen LogP contribution < -0.4 is 9.47 Å². The lowest BCUT2D eigenvalue weighted by molar-refractivity contribution is 0.260. The van der Waals surface area contributed by atoms with Gasteiger partial charge in [-0.3, -0.25) is 0 Å². The molecule has 0 amide bonds. The Kier molecular flexibility index (Phi) is 15.2. The Morgan fingerprint density at radius 2 is 1.21 bits per heavy atom. The molecule has 0 bridgehead atoms. The first kappa shape index (κ1) is 42.0. The first-order valence-corrected chi connectivity index (χ1v) is 35.2. The molecule has 4 fully saturated rings. The van der Waals surface area contributed by atoms with Crippen molar-refractivity contribution in [3.63, 3.8) is 0 Å². The number of ether oxygens (including phenoxy) is 4. The maximum absolute atomic E-state index is 6.59.